The summed E-state index contributed by atoms with van der Waals surface area (Å²) in [5.41, 5.74) is 2.37. The molecule has 1 N–H and O–H groups in total. The Morgan fingerprint density at radius 3 is 2.54 bits per heavy atom. The van der Waals surface area contributed by atoms with Gasteiger partial charge >= 0.3 is 0 Å². The van der Waals surface area contributed by atoms with Crippen LogP contribution in [-0.2, 0) is 6.42 Å². The zero-order chi connectivity index (χ0) is 18.5. The second kappa shape index (κ2) is 7.93. The number of hydrogen-bond donors (Lipinski definition) is 1. The fraction of sp³-hybridized carbons (Fsp3) is 0.150. The molecule has 6 heteroatoms. The molecule has 0 radical (unpaired) electrons. The Morgan fingerprint density at radius 2 is 1.92 bits per heavy atom. The standard InChI is InChI=1S/C20H18N2O3S/c1-2-14-8-10-15(11-9-14)19(18-7-4-12-26-18)21-20(23)16-5-3-6-17(13-16)22(24)25/h3-13,19H,2H2,1H3,(H,21,23)/t19-/m0/s1. The lowest BCUT2D eigenvalue weighted by atomic mass is 10.0. The Balaban J connectivity index is 1.89. The zero-order valence-corrected chi connectivity index (χ0v) is 15.0. The molecule has 3 aromatic rings. The van der Waals surface area contributed by atoms with Crippen LogP contribution in [0, 0.1) is 10.1 Å². The summed E-state index contributed by atoms with van der Waals surface area (Å²) in [6, 6.07) is 17.5. The van der Waals surface area contributed by atoms with Gasteiger partial charge in [-0.3, -0.25) is 14.9 Å². The molecule has 0 saturated heterocycles. The number of hydrogen-bond acceptors (Lipinski definition) is 4. The normalized spacial score (nSPS) is 11.7. The molecular weight excluding hydrogens is 348 g/mol. The predicted octanol–water partition coefficient (Wildman–Crippen LogP) is 4.74. The van der Waals surface area contributed by atoms with Gasteiger partial charge in [-0.1, -0.05) is 43.3 Å². The molecule has 0 aliphatic heterocycles. The van der Waals surface area contributed by atoms with E-state index in [1.807, 2.05) is 29.6 Å². The minimum atomic E-state index is -0.503. The fourth-order valence-electron chi connectivity index (χ4n) is 2.70. The van der Waals surface area contributed by atoms with Crippen molar-refractivity contribution in [1.29, 1.82) is 0 Å². The number of aryl methyl sites for hydroxylation is 1. The van der Waals surface area contributed by atoms with Crippen LogP contribution in [0.4, 0.5) is 5.69 Å². The SMILES string of the molecule is CCc1ccc([C@H](NC(=O)c2cccc([N+](=O)[O-])c2)c2cccs2)cc1. The van der Waals surface area contributed by atoms with Crippen LogP contribution in [0.3, 0.4) is 0 Å². The molecule has 1 amide bonds. The van der Waals surface area contributed by atoms with Crippen molar-refractivity contribution < 1.29 is 9.72 Å². The van der Waals surface area contributed by atoms with Crippen molar-refractivity contribution in [2.75, 3.05) is 0 Å². The third-order valence-corrected chi connectivity index (χ3v) is 5.08. The molecule has 5 nitrogen and oxygen atoms in total. The first kappa shape index (κ1) is 17.8. The number of carbonyl (C=O) groups excluding carboxylic acids is 1. The van der Waals surface area contributed by atoms with E-state index < -0.39 is 4.92 Å². The zero-order valence-electron chi connectivity index (χ0n) is 14.2. The van der Waals surface area contributed by atoms with E-state index in [0.717, 1.165) is 16.9 Å². The Labute approximate surface area is 155 Å². The first-order valence-corrected chi connectivity index (χ1v) is 9.14. The molecule has 132 valence electrons. The van der Waals surface area contributed by atoms with Gasteiger partial charge in [0, 0.05) is 22.6 Å². The van der Waals surface area contributed by atoms with E-state index in [0.29, 0.717) is 0 Å². The number of nitro groups is 1. The number of benzene rings is 2. The largest absolute Gasteiger partial charge is 0.340 e. The van der Waals surface area contributed by atoms with Crippen LogP contribution in [0.1, 0.15) is 39.3 Å². The molecule has 26 heavy (non-hydrogen) atoms. The van der Waals surface area contributed by atoms with Gasteiger partial charge < -0.3 is 5.32 Å². The Morgan fingerprint density at radius 1 is 1.15 bits per heavy atom. The van der Waals surface area contributed by atoms with Crippen molar-refractivity contribution in [3.8, 4) is 0 Å². The van der Waals surface area contributed by atoms with Gasteiger partial charge in [0.25, 0.3) is 11.6 Å². The van der Waals surface area contributed by atoms with Gasteiger partial charge in [0.05, 0.1) is 11.0 Å². The third kappa shape index (κ3) is 3.97. The quantitative estimate of drug-likeness (QED) is 0.506. The van der Waals surface area contributed by atoms with Crippen LogP contribution in [0.2, 0.25) is 0 Å². The van der Waals surface area contributed by atoms with E-state index in [2.05, 4.69) is 24.4 Å². The van der Waals surface area contributed by atoms with Gasteiger partial charge in [-0.15, -0.1) is 11.3 Å². The van der Waals surface area contributed by atoms with Crippen LogP contribution in [0.5, 0.6) is 0 Å². The summed E-state index contributed by atoms with van der Waals surface area (Å²) in [7, 11) is 0. The first-order chi connectivity index (χ1) is 12.6. The molecule has 1 aromatic heterocycles. The van der Waals surface area contributed by atoms with Crippen molar-refractivity contribution in [2.45, 2.75) is 19.4 Å². The van der Waals surface area contributed by atoms with Crippen molar-refractivity contribution in [2.24, 2.45) is 0 Å². The van der Waals surface area contributed by atoms with Gasteiger partial charge in [0.15, 0.2) is 0 Å². The number of carbonyl (C=O) groups is 1. The minimum absolute atomic E-state index is 0.0994. The van der Waals surface area contributed by atoms with Crippen LogP contribution < -0.4 is 5.32 Å². The third-order valence-electron chi connectivity index (χ3n) is 4.14. The Hall–Kier alpha value is -2.99. The minimum Gasteiger partial charge on any atom is -0.340 e. The van der Waals surface area contributed by atoms with Crippen molar-refractivity contribution >= 4 is 22.9 Å². The Bertz CT molecular complexity index is 905. The highest BCUT2D eigenvalue weighted by Crippen LogP contribution is 2.27. The van der Waals surface area contributed by atoms with Crippen molar-refractivity contribution in [3.05, 3.63) is 97.7 Å². The lowest BCUT2D eigenvalue weighted by Crippen LogP contribution is -2.28. The lowest BCUT2D eigenvalue weighted by Gasteiger charge is -2.18. The van der Waals surface area contributed by atoms with Gasteiger partial charge in [-0.25, -0.2) is 0 Å². The van der Waals surface area contributed by atoms with Gasteiger partial charge in [-0.2, -0.15) is 0 Å². The van der Waals surface area contributed by atoms with E-state index in [9.17, 15) is 14.9 Å². The van der Waals surface area contributed by atoms with Gasteiger partial charge in [0.2, 0.25) is 0 Å². The van der Waals surface area contributed by atoms with Crippen LogP contribution in [0.25, 0.3) is 0 Å². The molecule has 3 rings (SSSR count). The summed E-state index contributed by atoms with van der Waals surface area (Å²) in [4.78, 5) is 24.1. The average Bonchev–Trinajstić information content (AvgIpc) is 3.20. The van der Waals surface area contributed by atoms with Crippen LogP contribution >= 0.6 is 11.3 Å². The van der Waals surface area contributed by atoms with E-state index in [1.165, 1.54) is 23.8 Å². The monoisotopic (exact) mass is 366 g/mol. The van der Waals surface area contributed by atoms with E-state index >= 15 is 0 Å². The summed E-state index contributed by atoms with van der Waals surface area (Å²) in [6.45, 7) is 2.09. The maximum absolute atomic E-state index is 12.7. The highest BCUT2D eigenvalue weighted by atomic mass is 32.1. The second-order valence-corrected chi connectivity index (χ2v) is 6.80. The molecule has 1 atom stereocenters. The highest BCUT2D eigenvalue weighted by Gasteiger charge is 2.20. The Kier molecular flexibility index (Phi) is 5.43. The summed E-state index contributed by atoms with van der Waals surface area (Å²) in [5, 5.41) is 15.9. The van der Waals surface area contributed by atoms with Crippen LogP contribution in [-0.4, -0.2) is 10.8 Å². The number of nitrogens with zero attached hydrogens (tertiary/aromatic N) is 1. The number of non-ortho nitro benzene ring substituents is 1. The average molecular weight is 366 g/mol. The van der Waals surface area contributed by atoms with E-state index in [-0.39, 0.29) is 23.2 Å². The van der Waals surface area contributed by atoms with E-state index in [1.54, 1.807) is 17.4 Å². The molecule has 0 spiro atoms. The smallest absolute Gasteiger partial charge is 0.270 e. The number of nitro benzene ring substituents is 1. The predicted molar refractivity (Wildman–Crippen MR) is 103 cm³/mol. The summed E-state index contributed by atoms with van der Waals surface area (Å²) < 4.78 is 0. The van der Waals surface area contributed by atoms with Crippen molar-refractivity contribution in [3.63, 3.8) is 0 Å². The summed E-state index contributed by atoms with van der Waals surface area (Å²) in [6.07, 6.45) is 0.948. The maximum atomic E-state index is 12.7. The number of amides is 1. The van der Waals surface area contributed by atoms with Crippen LogP contribution in [0.15, 0.2) is 66.0 Å². The molecule has 0 aliphatic rings. The van der Waals surface area contributed by atoms with E-state index in [4.69, 9.17) is 0 Å². The summed E-state index contributed by atoms with van der Waals surface area (Å²) >= 11 is 1.56. The molecule has 2 aromatic carbocycles. The molecule has 0 unspecified atom stereocenters. The topological polar surface area (TPSA) is 72.2 Å². The highest BCUT2D eigenvalue weighted by molar-refractivity contribution is 7.10. The van der Waals surface area contributed by atoms with Gasteiger partial charge in [0.1, 0.15) is 0 Å². The lowest BCUT2D eigenvalue weighted by molar-refractivity contribution is -0.384. The molecule has 0 bridgehead atoms. The molecule has 1 heterocycles. The number of nitrogens with one attached hydrogen (secondary N) is 1. The number of rotatable bonds is 6. The molecular formula is C20H18N2O3S. The maximum Gasteiger partial charge on any atom is 0.270 e. The molecule has 0 saturated carbocycles. The molecule has 0 aliphatic carbocycles. The fourth-order valence-corrected chi connectivity index (χ4v) is 3.50. The summed E-state index contributed by atoms with van der Waals surface area (Å²) in [5.74, 6) is -0.341. The number of thiophene rings is 1. The van der Waals surface area contributed by atoms with Crippen molar-refractivity contribution in [1.82, 2.24) is 5.32 Å². The molecule has 0 fully saturated rings. The van der Waals surface area contributed by atoms with Gasteiger partial charge in [-0.05, 0) is 35.1 Å². The first-order valence-electron chi connectivity index (χ1n) is 8.26. The second-order valence-electron chi connectivity index (χ2n) is 5.82.